The van der Waals surface area contributed by atoms with Gasteiger partial charge >= 0.3 is 0 Å². The highest BCUT2D eigenvalue weighted by Crippen LogP contribution is 2.24. The number of nitrogens with zero attached hydrogens (tertiary/aromatic N) is 2. The molecule has 0 bridgehead atoms. The number of aromatic hydroxyl groups is 1. The molecular weight excluding hydrogens is 426 g/mol. The minimum Gasteiger partial charge on any atom is -0.508 e. The summed E-state index contributed by atoms with van der Waals surface area (Å²) >= 11 is 0. The van der Waals surface area contributed by atoms with Gasteiger partial charge in [-0.1, -0.05) is 72.8 Å². The maximum Gasteiger partial charge on any atom is 0.247 e. The third-order valence-corrected chi connectivity index (χ3v) is 6.32. The van der Waals surface area contributed by atoms with Crippen LogP contribution in [-0.2, 0) is 22.6 Å². The van der Waals surface area contributed by atoms with Gasteiger partial charge in [0.1, 0.15) is 11.8 Å². The Balaban J connectivity index is 1.49. The van der Waals surface area contributed by atoms with Gasteiger partial charge < -0.3 is 15.3 Å². The van der Waals surface area contributed by atoms with Crippen LogP contribution < -0.4 is 5.32 Å². The van der Waals surface area contributed by atoms with Crippen molar-refractivity contribution in [3.05, 3.63) is 102 Å². The van der Waals surface area contributed by atoms with Gasteiger partial charge in [-0.3, -0.25) is 14.5 Å². The summed E-state index contributed by atoms with van der Waals surface area (Å²) in [7, 11) is 0. The Morgan fingerprint density at radius 1 is 1.00 bits per heavy atom. The zero-order chi connectivity index (χ0) is 23.9. The van der Waals surface area contributed by atoms with Crippen LogP contribution in [0.25, 0.3) is 0 Å². The van der Waals surface area contributed by atoms with Gasteiger partial charge in [-0.25, -0.2) is 0 Å². The number of benzene rings is 3. The number of carbonyl (C=O) groups excluding carboxylic acids is 2. The molecule has 1 aliphatic heterocycles. The molecule has 2 N–H and O–H groups in total. The number of phenols is 1. The van der Waals surface area contributed by atoms with Crippen LogP contribution in [0.4, 0.5) is 0 Å². The molecule has 34 heavy (non-hydrogen) atoms. The van der Waals surface area contributed by atoms with Gasteiger partial charge in [-0.15, -0.1) is 0 Å². The van der Waals surface area contributed by atoms with Crippen LogP contribution in [0.5, 0.6) is 5.75 Å². The molecule has 1 saturated heterocycles. The molecular formula is C28H31N3O3. The molecule has 176 valence electrons. The van der Waals surface area contributed by atoms with Crippen molar-refractivity contribution < 1.29 is 14.7 Å². The van der Waals surface area contributed by atoms with Gasteiger partial charge in [0.2, 0.25) is 11.8 Å². The van der Waals surface area contributed by atoms with Crippen molar-refractivity contribution >= 4 is 11.8 Å². The Morgan fingerprint density at radius 2 is 1.65 bits per heavy atom. The second-order valence-electron chi connectivity index (χ2n) is 8.81. The maximum atomic E-state index is 13.8. The minimum atomic E-state index is -0.601. The summed E-state index contributed by atoms with van der Waals surface area (Å²) in [6.07, 6.45) is 0.739. The van der Waals surface area contributed by atoms with E-state index >= 15 is 0 Å². The van der Waals surface area contributed by atoms with E-state index in [4.69, 9.17) is 0 Å². The molecule has 0 radical (unpaired) electrons. The van der Waals surface area contributed by atoms with Crippen LogP contribution >= 0.6 is 0 Å². The zero-order valence-corrected chi connectivity index (χ0v) is 19.4. The highest BCUT2D eigenvalue weighted by atomic mass is 16.3. The van der Waals surface area contributed by atoms with E-state index in [0.717, 1.165) is 23.1 Å². The van der Waals surface area contributed by atoms with Crippen LogP contribution in [-0.4, -0.2) is 52.4 Å². The quantitative estimate of drug-likeness (QED) is 0.543. The predicted octanol–water partition coefficient (Wildman–Crippen LogP) is 3.53. The molecule has 2 atom stereocenters. The normalized spacial score (nSPS) is 17.1. The number of nitrogens with one attached hydrogen (secondary N) is 1. The van der Waals surface area contributed by atoms with Crippen molar-refractivity contribution in [2.24, 2.45) is 0 Å². The van der Waals surface area contributed by atoms with Gasteiger partial charge in [-0.2, -0.15) is 0 Å². The van der Waals surface area contributed by atoms with Crippen LogP contribution in [0, 0.1) is 0 Å². The maximum absolute atomic E-state index is 13.8. The van der Waals surface area contributed by atoms with Crippen LogP contribution in [0.2, 0.25) is 0 Å². The fraction of sp³-hybridized carbons (Fsp3) is 0.286. The molecule has 0 spiro atoms. The van der Waals surface area contributed by atoms with Crippen LogP contribution in [0.15, 0.2) is 84.9 Å². The molecule has 0 unspecified atom stereocenters. The number of phenolic OH excluding ortho intramolecular Hbond substituents is 1. The van der Waals surface area contributed by atoms with E-state index in [1.807, 2.05) is 89.5 Å². The molecule has 0 aliphatic carbocycles. The van der Waals surface area contributed by atoms with Crippen molar-refractivity contribution in [1.29, 1.82) is 0 Å². The number of hydrogen-bond donors (Lipinski definition) is 2. The lowest BCUT2D eigenvalue weighted by atomic mass is 10.0. The summed E-state index contributed by atoms with van der Waals surface area (Å²) in [6, 6.07) is 26.3. The van der Waals surface area contributed by atoms with E-state index in [1.165, 1.54) is 0 Å². The highest BCUT2D eigenvalue weighted by Gasteiger charge is 2.34. The van der Waals surface area contributed by atoms with Crippen LogP contribution in [0.1, 0.15) is 29.7 Å². The second-order valence-corrected chi connectivity index (χ2v) is 8.81. The molecule has 1 fully saturated rings. The smallest absolute Gasteiger partial charge is 0.247 e. The molecule has 3 aromatic carbocycles. The van der Waals surface area contributed by atoms with Gasteiger partial charge in [0.15, 0.2) is 0 Å². The Hall–Kier alpha value is -3.64. The Kier molecular flexibility index (Phi) is 7.60. The summed E-state index contributed by atoms with van der Waals surface area (Å²) in [5.41, 5.74) is 3.18. The molecule has 1 heterocycles. The molecule has 6 heteroatoms. The first-order valence-corrected chi connectivity index (χ1v) is 11.7. The SMILES string of the molecule is C[C@@H](c1ccccc1)N(Cc1ccccc1)C(=O)[C@@H]1CN(CCc2ccc(O)cc2)CC(=O)N1. The third kappa shape index (κ3) is 6.02. The first kappa shape index (κ1) is 23.5. The summed E-state index contributed by atoms with van der Waals surface area (Å²) < 4.78 is 0. The number of carbonyl (C=O) groups is 2. The number of rotatable bonds is 8. The monoisotopic (exact) mass is 457 g/mol. The Morgan fingerprint density at radius 3 is 2.32 bits per heavy atom. The molecule has 0 saturated carbocycles. The topological polar surface area (TPSA) is 72.9 Å². The zero-order valence-electron chi connectivity index (χ0n) is 19.4. The lowest BCUT2D eigenvalue weighted by Crippen LogP contribution is -2.60. The molecule has 4 rings (SSSR count). The van der Waals surface area contributed by atoms with E-state index in [0.29, 0.717) is 19.6 Å². The van der Waals surface area contributed by atoms with Crippen molar-refractivity contribution in [1.82, 2.24) is 15.1 Å². The van der Waals surface area contributed by atoms with E-state index in [-0.39, 0.29) is 30.2 Å². The van der Waals surface area contributed by atoms with E-state index in [2.05, 4.69) is 5.32 Å². The standard InChI is InChI=1S/C28H31N3O3/c1-21(24-10-6-3-7-11-24)31(18-23-8-4-2-5-9-23)28(34)26-19-30(20-27(33)29-26)17-16-22-12-14-25(32)15-13-22/h2-15,21,26,32H,16-20H2,1H3,(H,29,33)/t21-,26-/m0/s1. The van der Waals surface area contributed by atoms with Gasteiger partial charge in [0, 0.05) is 19.6 Å². The first-order chi connectivity index (χ1) is 16.5. The van der Waals surface area contributed by atoms with E-state index in [9.17, 15) is 14.7 Å². The largest absolute Gasteiger partial charge is 0.508 e. The van der Waals surface area contributed by atoms with E-state index in [1.54, 1.807) is 12.1 Å². The van der Waals surface area contributed by atoms with Crippen molar-refractivity contribution in [2.75, 3.05) is 19.6 Å². The predicted molar refractivity (Wildman–Crippen MR) is 132 cm³/mol. The average Bonchev–Trinajstić information content (AvgIpc) is 2.87. The highest BCUT2D eigenvalue weighted by molar-refractivity contribution is 5.90. The van der Waals surface area contributed by atoms with Gasteiger partial charge in [0.05, 0.1) is 12.6 Å². The lowest BCUT2D eigenvalue weighted by molar-refractivity contribution is -0.142. The van der Waals surface area contributed by atoms with Gasteiger partial charge in [-0.05, 0) is 42.2 Å². The molecule has 6 nitrogen and oxygen atoms in total. The number of piperazine rings is 1. The van der Waals surface area contributed by atoms with Crippen LogP contribution in [0.3, 0.4) is 0 Å². The average molecular weight is 458 g/mol. The Bertz CT molecular complexity index is 1090. The molecule has 2 amide bonds. The third-order valence-electron chi connectivity index (χ3n) is 6.32. The summed E-state index contributed by atoms with van der Waals surface area (Å²) in [4.78, 5) is 30.2. The summed E-state index contributed by atoms with van der Waals surface area (Å²) in [5, 5.41) is 12.4. The molecule has 3 aromatic rings. The summed E-state index contributed by atoms with van der Waals surface area (Å²) in [5.74, 6) is 0.0167. The minimum absolute atomic E-state index is 0.0807. The van der Waals surface area contributed by atoms with Crippen molar-refractivity contribution in [3.63, 3.8) is 0 Å². The molecule has 0 aromatic heterocycles. The lowest BCUT2D eigenvalue weighted by Gasteiger charge is -2.37. The second kappa shape index (κ2) is 11.0. The fourth-order valence-corrected chi connectivity index (χ4v) is 4.37. The number of amides is 2. The fourth-order valence-electron chi connectivity index (χ4n) is 4.37. The number of hydrogen-bond acceptors (Lipinski definition) is 4. The van der Waals surface area contributed by atoms with E-state index < -0.39 is 6.04 Å². The molecule has 1 aliphatic rings. The van der Waals surface area contributed by atoms with Crippen molar-refractivity contribution in [3.8, 4) is 5.75 Å². The Labute approximate surface area is 200 Å². The first-order valence-electron chi connectivity index (χ1n) is 11.7. The van der Waals surface area contributed by atoms with Gasteiger partial charge in [0.25, 0.3) is 0 Å². The van der Waals surface area contributed by atoms with Crippen molar-refractivity contribution in [2.45, 2.75) is 32.0 Å². The summed E-state index contributed by atoms with van der Waals surface area (Å²) in [6.45, 7) is 3.90.